The van der Waals surface area contributed by atoms with Crippen molar-refractivity contribution in [2.75, 3.05) is 30.0 Å². The molecular formula is C22H20N4O3. The maximum atomic E-state index is 13.1. The monoisotopic (exact) mass is 388 g/mol. The van der Waals surface area contributed by atoms with Crippen molar-refractivity contribution in [1.82, 2.24) is 9.97 Å². The highest BCUT2D eigenvalue weighted by Crippen LogP contribution is 2.34. The lowest BCUT2D eigenvalue weighted by atomic mass is 10.2. The van der Waals surface area contributed by atoms with Crippen LogP contribution in [0, 0.1) is 6.92 Å². The topological polar surface area (TPSA) is 76.6 Å². The van der Waals surface area contributed by atoms with Gasteiger partial charge in [-0.05, 0) is 37.1 Å². The minimum Gasteiger partial charge on any atom is -0.486 e. The van der Waals surface area contributed by atoms with Crippen molar-refractivity contribution in [3.63, 3.8) is 0 Å². The van der Waals surface area contributed by atoms with E-state index in [1.165, 1.54) is 5.56 Å². The first-order chi connectivity index (χ1) is 14.2. The van der Waals surface area contributed by atoms with E-state index >= 15 is 0 Å². The highest BCUT2D eigenvalue weighted by atomic mass is 16.6. The van der Waals surface area contributed by atoms with Gasteiger partial charge in [-0.3, -0.25) is 4.79 Å². The third-order valence-corrected chi connectivity index (χ3v) is 5.00. The summed E-state index contributed by atoms with van der Waals surface area (Å²) in [6, 6.07) is 15.3. The molecule has 2 aliphatic rings. The van der Waals surface area contributed by atoms with Crippen molar-refractivity contribution in [3.05, 3.63) is 65.6 Å². The minimum absolute atomic E-state index is 0.120. The van der Waals surface area contributed by atoms with Crippen LogP contribution in [0.25, 0.3) is 0 Å². The van der Waals surface area contributed by atoms with Crippen LogP contribution in [0.2, 0.25) is 0 Å². The molecule has 5 rings (SSSR count). The molecule has 0 atom stereocenters. The molecule has 29 heavy (non-hydrogen) atoms. The SMILES string of the molecule is Cc1nc(Nc2ccc3c(c2)OCCO3)cc(C(=O)N2CCc3ccccc32)n1. The van der Waals surface area contributed by atoms with Crippen LogP contribution in [0.15, 0.2) is 48.5 Å². The molecule has 7 nitrogen and oxygen atoms in total. The Bertz CT molecular complexity index is 1100. The first kappa shape index (κ1) is 17.5. The molecule has 3 heterocycles. The summed E-state index contributed by atoms with van der Waals surface area (Å²) in [6.07, 6.45) is 0.855. The Morgan fingerprint density at radius 3 is 2.76 bits per heavy atom. The summed E-state index contributed by atoms with van der Waals surface area (Å²) in [5, 5.41) is 3.24. The number of anilines is 3. The zero-order valence-electron chi connectivity index (χ0n) is 16.0. The molecule has 0 saturated carbocycles. The zero-order chi connectivity index (χ0) is 19.8. The maximum Gasteiger partial charge on any atom is 0.277 e. The highest BCUT2D eigenvalue weighted by Gasteiger charge is 2.26. The second-order valence-electron chi connectivity index (χ2n) is 7.00. The van der Waals surface area contributed by atoms with Gasteiger partial charge in [0.05, 0.1) is 0 Å². The number of carbonyl (C=O) groups is 1. The van der Waals surface area contributed by atoms with E-state index in [1.807, 2.05) is 36.4 Å². The van der Waals surface area contributed by atoms with Crippen molar-refractivity contribution >= 4 is 23.1 Å². The van der Waals surface area contributed by atoms with Crippen LogP contribution >= 0.6 is 0 Å². The van der Waals surface area contributed by atoms with Crippen molar-refractivity contribution < 1.29 is 14.3 Å². The lowest BCUT2D eigenvalue weighted by Crippen LogP contribution is -2.30. The average Bonchev–Trinajstić information content (AvgIpc) is 3.17. The highest BCUT2D eigenvalue weighted by molar-refractivity contribution is 6.06. The van der Waals surface area contributed by atoms with Gasteiger partial charge < -0.3 is 19.7 Å². The van der Waals surface area contributed by atoms with Crippen molar-refractivity contribution in [3.8, 4) is 11.5 Å². The van der Waals surface area contributed by atoms with E-state index in [4.69, 9.17) is 9.47 Å². The molecule has 1 N–H and O–H groups in total. The summed E-state index contributed by atoms with van der Waals surface area (Å²) in [4.78, 5) is 23.7. The fourth-order valence-corrected chi connectivity index (χ4v) is 3.70. The smallest absolute Gasteiger partial charge is 0.277 e. The largest absolute Gasteiger partial charge is 0.486 e. The number of fused-ring (bicyclic) bond motifs is 2. The zero-order valence-corrected chi connectivity index (χ0v) is 16.0. The first-order valence-corrected chi connectivity index (χ1v) is 9.59. The second-order valence-corrected chi connectivity index (χ2v) is 7.00. The van der Waals surface area contributed by atoms with E-state index in [9.17, 15) is 4.79 Å². The van der Waals surface area contributed by atoms with E-state index in [0.29, 0.717) is 42.8 Å². The minimum atomic E-state index is -0.120. The molecule has 146 valence electrons. The Kier molecular flexibility index (Phi) is 4.27. The Hall–Kier alpha value is -3.61. The Morgan fingerprint density at radius 2 is 1.86 bits per heavy atom. The van der Waals surface area contributed by atoms with Gasteiger partial charge in [0.2, 0.25) is 0 Å². The van der Waals surface area contributed by atoms with E-state index in [1.54, 1.807) is 17.9 Å². The summed E-state index contributed by atoms with van der Waals surface area (Å²) >= 11 is 0. The van der Waals surface area contributed by atoms with Gasteiger partial charge in [0.15, 0.2) is 11.5 Å². The first-order valence-electron chi connectivity index (χ1n) is 9.59. The fraction of sp³-hybridized carbons (Fsp3) is 0.227. The molecule has 1 aromatic heterocycles. The number of aromatic nitrogens is 2. The molecular weight excluding hydrogens is 368 g/mol. The predicted molar refractivity (Wildman–Crippen MR) is 109 cm³/mol. The Balaban J connectivity index is 1.41. The van der Waals surface area contributed by atoms with Crippen molar-refractivity contribution in [2.24, 2.45) is 0 Å². The molecule has 0 saturated heterocycles. The lowest BCUT2D eigenvalue weighted by Gasteiger charge is -2.19. The van der Waals surface area contributed by atoms with Crippen LogP contribution in [0.5, 0.6) is 11.5 Å². The molecule has 0 bridgehead atoms. The van der Waals surface area contributed by atoms with Crippen LogP contribution in [0.3, 0.4) is 0 Å². The number of aryl methyl sites for hydroxylation is 1. The number of para-hydroxylation sites is 1. The number of rotatable bonds is 3. The number of hydrogen-bond acceptors (Lipinski definition) is 6. The summed E-state index contributed by atoms with van der Waals surface area (Å²) in [7, 11) is 0. The van der Waals surface area contributed by atoms with Gasteiger partial charge in [0.25, 0.3) is 5.91 Å². The molecule has 7 heteroatoms. The summed E-state index contributed by atoms with van der Waals surface area (Å²) in [5.41, 5.74) is 3.31. The standard InChI is InChI=1S/C22H20N4O3/c1-14-23-17(22(27)26-9-8-15-4-2-3-5-18(15)26)13-21(24-14)25-16-6-7-19-20(12-16)29-11-10-28-19/h2-7,12-13H,8-11H2,1H3,(H,23,24,25). The summed E-state index contributed by atoms with van der Waals surface area (Å²) in [5.74, 6) is 2.39. The second kappa shape index (κ2) is 7.09. The maximum absolute atomic E-state index is 13.1. The molecule has 3 aromatic rings. The number of nitrogens with zero attached hydrogens (tertiary/aromatic N) is 3. The Morgan fingerprint density at radius 1 is 1.03 bits per heavy atom. The van der Waals surface area contributed by atoms with E-state index in [0.717, 1.165) is 23.5 Å². The third kappa shape index (κ3) is 3.35. The van der Waals surface area contributed by atoms with Gasteiger partial charge in [-0.2, -0.15) is 0 Å². The molecule has 2 aromatic carbocycles. The average molecular weight is 388 g/mol. The van der Waals surface area contributed by atoms with Gasteiger partial charge in [-0.1, -0.05) is 18.2 Å². The van der Waals surface area contributed by atoms with Gasteiger partial charge in [0.1, 0.15) is 30.5 Å². The molecule has 0 aliphatic carbocycles. The van der Waals surface area contributed by atoms with Crippen LogP contribution in [0.4, 0.5) is 17.2 Å². The lowest BCUT2D eigenvalue weighted by molar-refractivity contribution is 0.0984. The number of carbonyl (C=O) groups excluding carboxylic acids is 1. The number of benzene rings is 2. The molecule has 0 fully saturated rings. The predicted octanol–water partition coefficient (Wildman–Crippen LogP) is 3.50. The van der Waals surface area contributed by atoms with E-state index in [2.05, 4.69) is 21.4 Å². The van der Waals surface area contributed by atoms with Gasteiger partial charge >= 0.3 is 0 Å². The summed E-state index contributed by atoms with van der Waals surface area (Å²) < 4.78 is 11.2. The van der Waals surface area contributed by atoms with E-state index in [-0.39, 0.29) is 5.91 Å². The number of ether oxygens (including phenoxy) is 2. The number of hydrogen-bond donors (Lipinski definition) is 1. The van der Waals surface area contributed by atoms with Gasteiger partial charge in [-0.15, -0.1) is 0 Å². The van der Waals surface area contributed by atoms with Crippen molar-refractivity contribution in [2.45, 2.75) is 13.3 Å². The van der Waals surface area contributed by atoms with Crippen molar-refractivity contribution in [1.29, 1.82) is 0 Å². The third-order valence-electron chi connectivity index (χ3n) is 5.00. The van der Waals surface area contributed by atoms with Gasteiger partial charge in [0, 0.05) is 30.1 Å². The van der Waals surface area contributed by atoms with Crippen LogP contribution in [-0.2, 0) is 6.42 Å². The number of nitrogens with one attached hydrogen (secondary N) is 1. The Labute approximate surface area is 168 Å². The number of amides is 1. The van der Waals surface area contributed by atoms with Crippen LogP contribution < -0.4 is 19.7 Å². The van der Waals surface area contributed by atoms with E-state index < -0.39 is 0 Å². The molecule has 1 amide bonds. The normalized spacial score (nSPS) is 14.4. The van der Waals surface area contributed by atoms with Crippen LogP contribution in [-0.4, -0.2) is 35.6 Å². The fourth-order valence-electron chi connectivity index (χ4n) is 3.70. The summed E-state index contributed by atoms with van der Waals surface area (Å²) in [6.45, 7) is 3.52. The molecule has 0 unspecified atom stereocenters. The molecule has 0 radical (unpaired) electrons. The van der Waals surface area contributed by atoms with Gasteiger partial charge in [-0.25, -0.2) is 9.97 Å². The quantitative estimate of drug-likeness (QED) is 0.740. The molecule has 0 spiro atoms. The molecule has 2 aliphatic heterocycles. The van der Waals surface area contributed by atoms with Crippen LogP contribution in [0.1, 0.15) is 21.9 Å².